The maximum Gasteiger partial charge on any atom is 0.153 e. The van der Waals surface area contributed by atoms with Crippen molar-refractivity contribution in [2.75, 3.05) is 0 Å². The first-order valence-electron chi connectivity index (χ1n) is 4.82. The number of hydrogen-bond acceptors (Lipinski definition) is 4. The molecule has 0 saturated carbocycles. The zero-order valence-corrected chi connectivity index (χ0v) is 10.9. The Balaban J connectivity index is 2.46. The fourth-order valence-corrected chi connectivity index (χ4v) is 2.30. The van der Waals surface area contributed by atoms with E-state index in [-0.39, 0.29) is 6.04 Å². The molecule has 0 aliphatic carbocycles. The molecule has 0 aliphatic rings. The van der Waals surface area contributed by atoms with Crippen LogP contribution in [0.1, 0.15) is 23.1 Å². The number of nitrogens with two attached hydrogens (primary N) is 1. The van der Waals surface area contributed by atoms with Gasteiger partial charge in [-0.15, -0.1) is 5.10 Å². The monoisotopic (exact) mass is 284 g/mol. The SMILES string of the molecule is Cc1cc(C(N)c2c(Br)nnn2C)n(C)n1. The molecule has 0 aliphatic heterocycles. The Bertz CT molecular complexity index is 495. The molecule has 2 heterocycles. The topological polar surface area (TPSA) is 74.5 Å². The Hall–Kier alpha value is -1.21. The summed E-state index contributed by atoms with van der Waals surface area (Å²) in [6.45, 7) is 1.94. The zero-order chi connectivity index (χ0) is 11.9. The Morgan fingerprint density at radius 1 is 1.38 bits per heavy atom. The van der Waals surface area contributed by atoms with Crippen molar-refractivity contribution >= 4 is 15.9 Å². The summed E-state index contributed by atoms with van der Waals surface area (Å²) in [7, 11) is 3.69. The van der Waals surface area contributed by atoms with E-state index in [0.717, 1.165) is 17.1 Å². The lowest BCUT2D eigenvalue weighted by Crippen LogP contribution is -2.19. The molecule has 1 unspecified atom stereocenters. The number of nitrogens with zero attached hydrogens (tertiary/aromatic N) is 5. The van der Waals surface area contributed by atoms with Crippen LogP contribution in [-0.2, 0) is 14.1 Å². The van der Waals surface area contributed by atoms with Crippen molar-refractivity contribution in [1.29, 1.82) is 0 Å². The minimum absolute atomic E-state index is 0.291. The lowest BCUT2D eigenvalue weighted by molar-refractivity contribution is 0.611. The fourth-order valence-electron chi connectivity index (χ4n) is 1.73. The van der Waals surface area contributed by atoms with Crippen LogP contribution in [0.5, 0.6) is 0 Å². The number of aryl methyl sites for hydroxylation is 3. The molecule has 2 aromatic rings. The fraction of sp³-hybridized carbons (Fsp3) is 0.444. The molecule has 7 heteroatoms. The van der Waals surface area contributed by atoms with Gasteiger partial charge in [0.05, 0.1) is 23.1 Å². The predicted octanol–water partition coefficient (Wildman–Crippen LogP) is 0.668. The van der Waals surface area contributed by atoms with Gasteiger partial charge in [0.1, 0.15) is 0 Å². The molecular formula is C9H13BrN6. The first-order valence-corrected chi connectivity index (χ1v) is 5.61. The quantitative estimate of drug-likeness (QED) is 0.880. The molecule has 86 valence electrons. The molecule has 1 atom stereocenters. The van der Waals surface area contributed by atoms with E-state index in [0.29, 0.717) is 4.60 Å². The van der Waals surface area contributed by atoms with Crippen LogP contribution in [0.3, 0.4) is 0 Å². The van der Waals surface area contributed by atoms with Crippen LogP contribution in [0.2, 0.25) is 0 Å². The average Bonchev–Trinajstić information content (AvgIpc) is 2.70. The largest absolute Gasteiger partial charge is 0.318 e. The minimum Gasteiger partial charge on any atom is -0.318 e. The van der Waals surface area contributed by atoms with E-state index in [9.17, 15) is 0 Å². The first kappa shape index (κ1) is 11.3. The third-order valence-electron chi connectivity index (χ3n) is 2.48. The van der Waals surface area contributed by atoms with Crippen molar-refractivity contribution in [2.24, 2.45) is 19.8 Å². The van der Waals surface area contributed by atoms with Gasteiger partial charge in [0.15, 0.2) is 4.60 Å². The molecule has 0 radical (unpaired) electrons. The van der Waals surface area contributed by atoms with E-state index in [4.69, 9.17) is 5.73 Å². The van der Waals surface area contributed by atoms with Crippen LogP contribution >= 0.6 is 15.9 Å². The molecule has 0 bridgehead atoms. The predicted molar refractivity (Wildman–Crippen MR) is 62.7 cm³/mol. The van der Waals surface area contributed by atoms with Crippen LogP contribution in [-0.4, -0.2) is 24.8 Å². The normalized spacial score (nSPS) is 13.1. The Labute approximate surface area is 102 Å². The molecule has 2 N–H and O–H groups in total. The lowest BCUT2D eigenvalue weighted by Gasteiger charge is -2.11. The Morgan fingerprint density at radius 3 is 2.50 bits per heavy atom. The number of aromatic nitrogens is 5. The first-order chi connectivity index (χ1) is 7.50. The van der Waals surface area contributed by atoms with Gasteiger partial charge in [-0.2, -0.15) is 5.10 Å². The molecule has 0 saturated heterocycles. The summed E-state index contributed by atoms with van der Waals surface area (Å²) in [5.74, 6) is 0. The van der Waals surface area contributed by atoms with Crippen LogP contribution in [0.25, 0.3) is 0 Å². The summed E-state index contributed by atoms with van der Waals surface area (Å²) in [5.41, 5.74) is 8.90. The van der Waals surface area contributed by atoms with Gasteiger partial charge >= 0.3 is 0 Å². The highest BCUT2D eigenvalue weighted by Gasteiger charge is 2.21. The molecule has 0 amide bonds. The summed E-state index contributed by atoms with van der Waals surface area (Å²) in [5, 5.41) is 12.1. The maximum atomic E-state index is 6.18. The van der Waals surface area contributed by atoms with E-state index in [1.54, 1.807) is 9.36 Å². The molecule has 0 fully saturated rings. The summed E-state index contributed by atoms with van der Waals surface area (Å²) >= 11 is 3.34. The van der Waals surface area contributed by atoms with Crippen molar-refractivity contribution in [2.45, 2.75) is 13.0 Å². The summed E-state index contributed by atoms with van der Waals surface area (Å²) in [6, 6.07) is 1.67. The average molecular weight is 285 g/mol. The van der Waals surface area contributed by atoms with Gasteiger partial charge < -0.3 is 5.73 Å². The second-order valence-corrected chi connectivity index (χ2v) is 4.45. The van der Waals surface area contributed by atoms with Gasteiger partial charge in [-0.3, -0.25) is 4.68 Å². The van der Waals surface area contributed by atoms with Crippen molar-refractivity contribution in [3.05, 3.63) is 27.8 Å². The zero-order valence-electron chi connectivity index (χ0n) is 9.35. The molecule has 0 spiro atoms. The van der Waals surface area contributed by atoms with Crippen molar-refractivity contribution in [3.63, 3.8) is 0 Å². The summed E-state index contributed by atoms with van der Waals surface area (Å²) < 4.78 is 4.11. The third kappa shape index (κ3) is 1.76. The van der Waals surface area contributed by atoms with Crippen LogP contribution in [0.15, 0.2) is 10.7 Å². The van der Waals surface area contributed by atoms with E-state index >= 15 is 0 Å². The van der Waals surface area contributed by atoms with Gasteiger partial charge in [-0.05, 0) is 28.9 Å². The maximum absolute atomic E-state index is 6.18. The van der Waals surface area contributed by atoms with E-state index in [1.165, 1.54) is 0 Å². The highest BCUT2D eigenvalue weighted by Crippen LogP contribution is 2.24. The Morgan fingerprint density at radius 2 is 2.06 bits per heavy atom. The summed E-state index contributed by atoms with van der Waals surface area (Å²) in [4.78, 5) is 0. The van der Waals surface area contributed by atoms with Gasteiger partial charge in [0, 0.05) is 14.1 Å². The van der Waals surface area contributed by atoms with Crippen molar-refractivity contribution in [1.82, 2.24) is 24.8 Å². The number of hydrogen-bond donors (Lipinski definition) is 1. The van der Waals surface area contributed by atoms with Gasteiger partial charge in [0.25, 0.3) is 0 Å². The molecule has 2 aromatic heterocycles. The smallest absolute Gasteiger partial charge is 0.153 e. The summed E-state index contributed by atoms with van der Waals surface area (Å²) in [6.07, 6.45) is 0. The van der Waals surface area contributed by atoms with E-state index in [2.05, 4.69) is 31.3 Å². The second kappa shape index (κ2) is 3.99. The lowest BCUT2D eigenvalue weighted by atomic mass is 10.1. The highest BCUT2D eigenvalue weighted by atomic mass is 79.9. The molecule has 2 rings (SSSR count). The van der Waals surface area contributed by atoms with Gasteiger partial charge in [-0.25, -0.2) is 4.68 Å². The van der Waals surface area contributed by atoms with Crippen LogP contribution in [0.4, 0.5) is 0 Å². The molecule has 0 aromatic carbocycles. The molecular weight excluding hydrogens is 272 g/mol. The molecule has 6 nitrogen and oxygen atoms in total. The Kier molecular flexibility index (Phi) is 2.81. The highest BCUT2D eigenvalue weighted by molar-refractivity contribution is 9.10. The number of rotatable bonds is 2. The third-order valence-corrected chi connectivity index (χ3v) is 3.04. The molecule has 16 heavy (non-hydrogen) atoms. The standard InChI is InChI=1S/C9H13BrN6/c1-5-4-6(15(2)13-5)7(11)8-9(10)12-14-16(8)3/h4,7H,11H2,1-3H3. The van der Waals surface area contributed by atoms with Crippen LogP contribution in [0, 0.1) is 6.92 Å². The van der Waals surface area contributed by atoms with Crippen molar-refractivity contribution < 1.29 is 0 Å². The second-order valence-electron chi connectivity index (χ2n) is 3.70. The van der Waals surface area contributed by atoms with E-state index in [1.807, 2.05) is 27.1 Å². The van der Waals surface area contributed by atoms with Crippen LogP contribution < -0.4 is 5.73 Å². The van der Waals surface area contributed by atoms with Gasteiger partial charge in [-0.1, -0.05) is 5.21 Å². The van der Waals surface area contributed by atoms with Gasteiger partial charge in [0.2, 0.25) is 0 Å². The minimum atomic E-state index is -0.291. The van der Waals surface area contributed by atoms with E-state index < -0.39 is 0 Å². The van der Waals surface area contributed by atoms with Crippen molar-refractivity contribution in [3.8, 4) is 0 Å². The number of halogens is 1.